The summed E-state index contributed by atoms with van der Waals surface area (Å²) < 4.78 is 0. The highest BCUT2D eigenvalue weighted by molar-refractivity contribution is 14.0. The predicted octanol–water partition coefficient (Wildman–Crippen LogP) is 3.95. The van der Waals surface area contributed by atoms with Crippen molar-refractivity contribution in [3.05, 3.63) is 22.4 Å². The first kappa shape index (κ1) is 17.8. The molecule has 1 aliphatic heterocycles. The van der Waals surface area contributed by atoms with Crippen LogP contribution in [0.2, 0.25) is 0 Å². The van der Waals surface area contributed by atoms with Crippen LogP contribution in [0.4, 0.5) is 0 Å². The van der Waals surface area contributed by atoms with Crippen LogP contribution in [0, 0.1) is 5.41 Å². The minimum atomic E-state index is 0. The lowest BCUT2D eigenvalue weighted by molar-refractivity contribution is -0.0667. The minimum Gasteiger partial charge on any atom is -0.356 e. The summed E-state index contributed by atoms with van der Waals surface area (Å²) in [5.41, 5.74) is 0.496. The van der Waals surface area contributed by atoms with Gasteiger partial charge in [0.05, 0.1) is 6.54 Å². The molecular formula is C15H26IN3S. The number of guanidine groups is 1. The van der Waals surface area contributed by atoms with E-state index in [1.807, 2.05) is 0 Å². The Hall–Kier alpha value is -0.300. The summed E-state index contributed by atoms with van der Waals surface area (Å²) in [6.07, 6.45) is 0. The number of halogens is 1. The van der Waals surface area contributed by atoms with E-state index < -0.39 is 0 Å². The molecule has 2 heterocycles. The number of nitrogens with one attached hydrogen (secondary N) is 1. The van der Waals surface area contributed by atoms with Crippen LogP contribution in [-0.4, -0.2) is 29.5 Å². The molecule has 1 fully saturated rings. The first-order chi connectivity index (χ1) is 8.88. The van der Waals surface area contributed by atoms with Crippen LogP contribution in [-0.2, 0) is 6.54 Å². The quantitative estimate of drug-likeness (QED) is 0.467. The van der Waals surface area contributed by atoms with E-state index in [1.54, 1.807) is 11.3 Å². The zero-order valence-corrected chi connectivity index (χ0v) is 16.2. The van der Waals surface area contributed by atoms with E-state index in [2.05, 4.69) is 62.3 Å². The molecule has 0 unspecified atom stereocenters. The molecule has 0 spiro atoms. The smallest absolute Gasteiger partial charge is 0.194 e. The molecular weight excluding hydrogens is 381 g/mol. The van der Waals surface area contributed by atoms with Crippen molar-refractivity contribution in [2.24, 2.45) is 10.4 Å². The maximum absolute atomic E-state index is 4.78. The second-order valence-corrected chi connectivity index (χ2v) is 7.31. The summed E-state index contributed by atoms with van der Waals surface area (Å²) in [6.45, 7) is 14.1. The van der Waals surface area contributed by atoms with Gasteiger partial charge < -0.3 is 10.2 Å². The summed E-state index contributed by atoms with van der Waals surface area (Å²) in [7, 11) is 0. The van der Waals surface area contributed by atoms with E-state index >= 15 is 0 Å². The number of aliphatic imine (C=N–C) groups is 1. The summed E-state index contributed by atoms with van der Waals surface area (Å²) >= 11 is 1.77. The summed E-state index contributed by atoms with van der Waals surface area (Å²) in [6, 6.07) is 4.22. The molecule has 1 aliphatic rings. The Morgan fingerprint density at radius 2 is 2.10 bits per heavy atom. The van der Waals surface area contributed by atoms with Gasteiger partial charge in [0.1, 0.15) is 0 Å². The van der Waals surface area contributed by atoms with Gasteiger partial charge in [0.25, 0.3) is 0 Å². The maximum Gasteiger partial charge on any atom is 0.194 e. The number of thiophene rings is 1. The van der Waals surface area contributed by atoms with Crippen molar-refractivity contribution in [3.63, 3.8) is 0 Å². The Balaban J connectivity index is 0.00000200. The molecule has 1 N–H and O–H groups in total. The van der Waals surface area contributed by atoms with Crippen LogP contribution >= 0.6 is 35.3 Å². The molecule has 5 heteroatoms. The lowest BCUT2D eigenvalue weighted by Crippen LogP contribution is -2.72. The Kier molecular flexibility index (Phi) is 5.89. The molecule has 3 nitrogen and oxygen atoms in total. The van der Waals surface area contributed by atoms with Crippen molar-refractivity contribution in [3.8, 4) is 0 Å². The number of likely N-dealkylation sites (tertiary alicyclic amines) is 1. The molecule has 0 amide bonds. The molecule has 20 heavy (non-hydrogen) atoms. The van der Waals surface area contributed by atoms with Crippen LogP contribution in [0.15, 0.2) is 22.5 Å². The Morgan fingerprint density at radius 1 is 1.40 bits per heavy atom. The molecule has 0 aliphatic carbocycles. The van der Waals surface area contributed by atoms with Crippen molar-refractivity contribution in [2.45, 2.75) is 46.7 Å². The number of rotatable bonds is 3. The molecule has 0 saturated carbocycles. The zero-order valence-electron chi connectivity index (χ0n) is 13.1. The van der Waals surface area contributed by atoms with Crippen LogP contribution in [0.3, 0.4) is 0 Å². The second-order valence-electron chi connectivity index (χ2n) is 6.28. The maximum atomic E-state index is 4.78. The van der Waals surface area contributed by atoms with E-state index in [0.29, 0.717) is 5.41 Å². The highest BCUT2D eigenvalue weighted by Crippen LogP contribution is 2.46. The molecule has 0 radical (unpaired) electrons. The Labute approximate surface area is 143 Å². The molecule has 1 saturated heterocycles. The highest BCUT2D eigenvalue weighted by atomic mass is 127. The molecule has 1 aromatic rings. The summed E-state index contributed by atoms with van der Waals surface area (Å²) in [4.78, 5) is 8.49. The molecule has 0 bridgehead atoms. The number of nitrogens with zero attached hydrogens (tertiary/aromatic N) is 2. The van der Waals surface area contributed by atoms with Crippen molar-refractivity contribution in [2.75, 3.05) is 13.1 Å². The SMILES string of the molecule is CCNC(=NCc1cccs1)N1CC(C)(C)C1(C)C.I. The number of hydrogen-bond acceptors (Lipinski definition) is 2. The van der Waals surface area contributed by atoms with Gasteiger partial charge in [0.2, 0.25) is 0 Å². The van der Waals surface area contributed by atoms with Gasteiger partial charge in [-0.25, -0.2) is 4.99 Å². The van der Waals surface area contributed by atoms with Gasteiger partial charge in [0, 0.05) is 28.9 Å². The molecule has 114 valence electrons. The first-order valence-corrected chi connectivity index (χ1v) is 7.85. The van der Waals surface area contributed by atoms with Gasteiger partial charge in [-0.3, -0.25) is 0 Å². The minimum absolute atomic E-state index is 0. The third-order valence-corrected chi connectivity index (χ3v) is 5.30. The van der Waals surface area contributed by atoms with Crippen LogP contribution in [0.25, 0.3) is 0 Å². The van der Waals surface area contributed by atoms with Crippen LogP contribution < -0.4 is 5.32 Å². The fourth-order valence-electron chi connectivity index (χ4n) is 2.35. The standard InChI is InChI=1S/C15H25N3S.HI/c1-6-16-13(17-10-12-8-7-9-19-12)18-11-14(2,3)15(18,4)5;/h7-9H,6,10-11H2,1-5H3,(H,16,17);1H. The average Bonchev–Trinajstić information content (AvgIpc) is 2.85. The van der Waals surface area contributed by atoms with Crippen molar-refractivity contribution in [1.82, 2.24) is 10.2 Å². The van der Waals surface area contributed by atoms with Crippen molar-refractivity contribution < 1.29 is 0 Å². The van der Waals surface area contributed by atoms with Gasteiger partial charge >= 0.3 is 0 Å². The van der Waals surface area contributed by atoms with E-state index in [0.717, 1.165) is 25.6 Å². The normalized spacial score (nSPS) is 20.1. The van der Waals surface area contributed by atoms with Crippen LogP contribution in [0.5, 0.6) is 0 Å². The van der Waals surface area contributed by atoms with E-state index in [4.69, 9.17) is 4.99 Å². The van der Waals surface area contributed by atoms with E-state index in [-0.39, 0.29) is 29.5 Å². The monoisotopic (exact) mass is 407 g/mol. The first-order valence-electron chi connectivity index (χ1n) is 6.97. The zero-order chi connectivity index (χ0) is 14.1. The largest absolute Gasteiger partial charge is 0.356 e. The Bertz CT molecular complexity index is 452. The molecule has 2 rings (SSSR count). The number of hydrogen-bond donors (Lipinski definition) is 1. The van der Waals surface area contributed by atoms with E-state index in [9.17, 15) is 0 Å². The lowest BCUT2D eigenvalue weighted by atomic mass is 9.65. The van der Waals surface area contributed by atoms with Crippen LogP contribution in [0.1, 0.15) is 39.5 Å². The van der Waals surface area contributed by atoms with Gasteiger partial charge in [-0.2, -0.15) is 0 Å². The molecule has 1 aromatic heterocycles. The van der Waals surface area contributed by atoms with Crippen molar-refractivity contribution in [1.29, 1.82) is 0 Å². The third kappa shape index (κ3) is 3.30. The summed E-state index contributed by atoms with van der Waals surface area (Å²) in [5, 5.41) is 5.53. The fraction of sp³-hybridized carbons (Fsp3) is 0.667. The lowest BCUT2D eigenvalue weighted by Gasteiger charge is -2.62. The van der Waals surface area contributed by atoms with Gasteiger partial charge in [-0.1, -0.05) is 19.9 Å². The molecule has 0 atom stereocenters. The predicted molar refractivity (Wildman–Crippen MR) is 99.1 cm³/mol. The highest BCUT2D eigenvalue weighted by Gasteiger charge is 2.53. The third-order valence-electron chi connectivity index (χ3n) is 4.44. The average molecular weight is 407 g/mol. The fourth-order valence-corrected chi connectivity index (χ4v) is 2.98. The van der Waals surface area contributed by atoms with Crippen molar-refractivity contribution >= 4 is 41.3 Å². The topological polar surface area (TPSA) is 27.6 Å². The Morgan fingerprint density at radius 3 is 2.55 bits per heavy atom. The second kappa shape index (κ2) is 6.64. The van der Waals surface area contributed by atoms with Gasteiger partial charge in [0.15, 0.2) is 5.96 Å². The molecule has 0 aromatic carbocycles. The summed E-state index contributed by atoms with van der Waals surface area (Å²) in [5.74, 6) is 1.04. The van der Waals surface area contributed by atoms with Gasteiger partial charge in [-0.15, -0.1) is 35.3 Å². The van der Waals surface area contributed by atoms with Gasteiger partial charge in [-0.05, 0) is 32.2 Å². The van der Waals surface area contributed by atoms with E-state index in [1.165, 1.54) is 4.88 Å².